The minimum Gasteiger partial charge on any atom is -0.481 e. The summed E-state index contributed by atoms with van der Waals surface area (Å²) in [5.74, 6) is -1.38. The fourth-order valence-electron chi connectivity index (χ4n) is 5.26. The van der Waals surface area contributed by atoms with E-state index in [9.17, 15) is 14.3 Å². The maximum absolute atomic E-state index is 16.0. The highest BCUT2D eigenvalue weighted by Crippen LogP contribution is 2.40. The Hall–Kier alpha value is -3.96. The van der Waals surface area contributed by atoms with Gasteiger partial charge in [0.05, 0.1) is 21.8 Å². The van der Waals surface area contributed by atoms with E-state index in [1.165, 1.54) is 18.3 Å². The molecule has 0 amide bonds. The van der Waals surface area contributed by atoms with Crippen molar-refractivity contribution in [3.8, 4) is 11.3 Å². The molecule has 4 aromatic rings. The van der Waals surface area contributed by atoms with Gasteiger partial charge in [-0.25, -0.2) is 13.8 Å². The summed E-state index contributed by atoms with van der Waals surface area (Å²) < 4.78 is 30.5. The molecule has 0 aliphatic carbocycles. The lowest BCUT2D eigenvalue weighted by molar-refractivity contribution is -0.153. The number of hydrogen-bond donors (Lipinski definition) is 3. The van der Waals surface area contributed by atoms with Crippen LogP contribution in [-0.4, -0.2) is 53.9 Å². The monoisotopic (exact) mass is 567 g/mol. The van der Waals surface area contributed by atoms with Crippen molar-refractivity contribution in [1.82, 2.24) is 30.3 Å². The van der Waals surface area contributed by atoms with Crippen molar-refractivity contribution in [2.75, 3.05) is 11.9 Å². The van der Waals surface area contributed by atoms with Gasteiger partial charge in [-0.1, -0.05) is 23.7 Å². The highest BCUT2D eigenvalue weighted by Gasteiger charge is 2.45. The number of carboxylic acids is 1. The Morgan fingerprint density at radius 1 is 1.23 bits per heavy atom. The Morgan fingerprint density at radius 2 is 2.05 bits per heavy atom. The number of aliphatic carboxylic acids is 1. The fourth-order valence-corrected chi connectivity index (χ4v) is 5.45. The van der Waals surface area contributed by atoms with Crippen LogP contribution in [0.4, 0.5) is 20.4 Å². The Morgan fingerprint density at radius 3 is 2.73 bits per heavy atom. The number of halogens is 3. The second kappa shape index (κ2) is 11.3. The van der Waals surface area contributed by atoms with Gasteiger partial charge in [-0.2, -0.15) is 15.3 Å². The van der Waals surface area contributed by atoms with Crippen molar-refractivity contribution in [2.45, 2.75) is 45.7 Å². The number of piperidine rings is 1. The summed E-state index contributed by atoms with van der Waals surface area (Å²) >= 11 is 5.95. The molecule has 4 heterocycles. The predicted octanol–water partition coefficient (Wildman–Crippen LogP) is 5.54. The largest absolute Gasteiger partial charge is 0.481 e. The maximum atomic E-state index is 16.0. The number of nitrogens with one attached hydrogen (secondary N) is 2. The quantitative estimate of drug-likeness (QED) is 0.254. The third-order valence-corrected chi connectivity index (χ3v) is 7.68. The first-order valence-electron chi connectivity index (χ1n) is 12.8. The van der Waals surface area contributed by atoms with E-state index < -0.39 is 23.0 Å². The van der Waals surface area contributed by atoms with Gasteiger partial charge >= 0.3 is 5.97 Å². The van der Waals surface area contributed by atoms with E-state index in [1.54, 1.807) is 30.3 Å². The number of likely N-dealkylation sites (tertiary alicyclic amines) is 1. The number of benzene rings is 1. The number of carbonyl (C=O) groups is 1. The zero-order valence-corrected chi connectivity index (χ0v) is 22.7. The van der Waals surface area contributed by atoms with E-state index in [0.717, 1.165) is 5.69 Å². The highest BCUT2D eigenvalue weighted by molar-refractivity contribution is 6.30. The summed E-state index contributed by atoms with van der Waals surface area (Å²) in [4.78, 5) is 19.2. The Kier molecular flexibility index (Phi) is 7.77. The third-order valence-electron chi connectivity index (χ3n) is 7.39. The van der Waals surface area contributed by atoms with Crippen LogP contribution >= 0.6 is 11.6 Å². The molecule has 0 unspecified atom stereocenters. The first-order chi connectivity index (χ1) is 19.1. The number of aromatic nitrogens is 5. The SMILES string of the molecule is Cc1cc(Nc2cc(-c3cccnn3)c(F)c(C[C@@]3(C(=O)O)CCN(Cc4cccc(Cl)c4F)[C@H](C)C3)n2)n[nH]1. The molecular formula is C28H28ClF2N7O2. The number of carboxylic acid groups (broad SMARTS) is 1. The first-order valence-corrected chi connectivity index (χ1v) is 13.2. The molecule has 40 heavy (non-hydrogen) atoms. The van der Waals surface area contributed by atoms with Gasteiger partial charge in [0.15, 0.2) is 11.6 Å². The lowest BCUT2D eigenvalue weighted by atomic mass is 9.72. The number of aromatic amines is 1. The van der Waals surface area contributed by atoms with Gasteiger partial charge < -0.3 is 10.4 Å². The molecule has 0 bridgehead atoms. The van der Waals surface area contributed by atoms with E-state index in [1.807, 2.05) is 18.7 Å². The molecule has 1 fully saturated rings. The van der Waals surface area contributed by atoms with Crippen LogP contribution in [0.25, 0.3) is 11.3 Å². The molecule has 0 radical (unpaired) electrons. The smallest absolute Gasteiger partial charge is 0.310 e. The van der Waals surface area contributed by atoms with Crippen molar-refractivity contribution in [3.63, 3.8) is 0 Å². The van der Waals surface area contributed by atoms with E-state index in [-0.39, 0.29) is 48.1 Å². The van der Waals surface area contributed by atoms with Gasteiger partial charge in [0.25, 0.3) is 0 Å². The van der Waals surface area contributed by atoms with E-state index in [2.05, 4.69) is 30.7 Å². The molecule has 3 aromatic heterocycles. The Bertz CT molecular complexity index is 1530. The second-order valence-corrected chi connectivity index (χ2v) is 10.6. The average Bonchev–Trinajstić information content (AvgIpc) is 3.34. The zero-order valence-electron chi connectivity index (χ0n) is 22.0. The summed E-state index contributed by atoms with van der Waals surface area (Å²) in [6, 6.07) is 11.2. The topological polar surface area (TPSA) is 120 Å². The Balaban J connectivity index is 1.46. The second-order valence-electron chi connectivity index (χ2n) is 10.2. The average molecular weight is 568 g/mol. The minimum absolute atomic E-state index is 0.00171. The van der Waals surface area contributed by atoms with Crippen LogP contribution in [0.1, 0.15) is 36.7 Å². The molecule has 12 heteroatoms. The molecule has 1 aliphatic heterocycles. The standard InChI is InChI=1S/C28H28ClF2N7O2/c1-16-11-24(37-35-16)34-23-12-19(21-7-4-9-32-36-21)26(31)22(33-23)14-28(27(39)40)8-10-38(17(2)13-28)15-18-5-3-6-20(29)25(18)30/h3-7,9,11-12,17H,8,10,13-15H2,1-2H3,(H,39,40)(H2,33,34,35,37)/t17-,28-/m1/s1. The molecule has 5 rings (SSSR count). The van der Waals surface area contributed by atoms with E-state index in [4.69, 9.17) is 11.6 Å². The summed E-state index contributed by atoms with van der Waals surface area (Å²) in [5, 5.41) is 28.4. The summed E-state index contributed by atoms with van der Waals surface area (Å²) in [7, 11) is 0. The van der Waals surface area contributed by atoms with Crippen LogP contribution in [-0.2, 0) is 17.8 Å². The number of nitrogens with zero attached hydrogens (tertiary/aromatic N) is 5. The van der Waals surface area contributed by atoms with Gasteiger partial charge in [0, 0.05) is 48.1 Å². The van der Waals surface area contributed by atoms with E-state index >= 15 is 4.39 Å². The molecule has 0 saturated carbocycles. The highest BCUT2D eigenvalue weighted by atomic mass is 35.5. The van der Waals surface area contributed by atoms with Gasteiger partial charge in [-0.3, -0.25) is 14.8 Å². The van der Waals surface area contributed by atoms with Crippen molar-refractivity contribution in [3.05, 3.63) is 82.3 Å². The summed E-state index contributed by atoms with van der Waals surface area (Å²) in [6.07, 6.45) is 1.80. The number of anilines is 2. The lowest BCUT2D eigenvalue weighted by Gasteiger charge is -2.43. The zero-order chi connectivity index (χ0) is 28.4. The number of H-pyrrole nitrogens is 1. The minimum atomic E-state index is -1.28. The van der Waals surface area contributed by atoms with Gasteiger partial charge in [0.1, 0.15) is 11.6 Å². The molecular weight excluding hydrogens is 540 g/mol. The van der Waals surface area contributed by atoms with Gasteiger partial charge in [-0.15, -0.1) is 0 Å². The molecule has 1 aromatic carbocycles. The number of hydrogen-bond acceptors (Lipinski definition) is 7. The first kappa shape index (κ1) is 27.6. The summed E-state index contributed by atoms with van der Waals surface area (Å²) in [5.41, 5.74) is 0.425. The molecule has 3 N–H and O–H groups in total. The van der Waals surface area contributed by atoms with Crippen LogP contribution in [0.5, 0.6) is 0 Å². The molecule has 2 atom stereocenters. The van der Waals surface area contributed by atoms with Crippen molar-refractivity contribution < 1.29 is 18.7 Å². The van der Waals surface area contributed by atoms with Crippen LogP contribution in [0, 0.1) is 24.0 Å². The van der Waals surface area contributed by atoms with Crippen LogP contribution in [0.15, 0.2) is 48.7 Å². The van der Waals surface area contributed by atoms with Crippen LogP contribution < -0.4 is 5.32 Å². The third kappa shape index (κ3) is 5.66. The van der Waals surface area contributed by atoms with Crippen molar-refractivity contribution in [2.24, 2.45) is 5.41 Å². The summed E-state index contributed by atoms with van der Waals surface area (Å²) in [6.45, 7) is 4.40. The van der Waals surface area contributed by atoms with E-state index in [0.29, 0.717) is 29.4 Å². The molecule has 1 saturated heterocycles. The number of pyridine rings is 1. The number of rotatable bonds is 8. The molecule has 9 nitrogen and oxygen atoms in total. The van der Waals surface area contributed by atoms with Gasteiger partial charge in [0.2, 0.25) is 0 Å². The molecule has 1 aliphatic rings. The van der Waals surface area contributed by atoms with Crippen molar-refractivity contribution in [1.29, 1.82) is 0 Å². The lowest BCUT2D eigenvalue weighted by Crippen LogP contribution is -2.50. The fraction of sp³-hybridized carbons (Fsp3) is 0.321. The van der Waals surface area contributed by atoms with Crippen LogP contribution in [0.2, 0.25) is 5.02 Å². The van der Waals surface area contributed by atoms with Crippen molar-refractivity contribution >= 4 is 29.2 Å². The van der Waals surface area contributed by atoms with Gasteiger partial charge in [-0.05, 0) is 57.5 Å². The number of aryl methyl sites for hydroxylation is 1. The molecule has 208 valence electrons. The van der Waals surface area contributed by atoms with Crippen LogP contribution in [0.3, 0.4) is 0 Å². The Labute approximate surface area is 234 Å². The predicted molar refractivity (Wildman–Crippen MR) is 146 cm³/mol. The molecule has 0 spiro atoms. The maximum Gasteiger partial charge on any atom is 0.310 e. The normalized spacial score (nSPS) is 19.5.